The Hall–Kier alpha value is -4.30. The summed E-state index contributed by atoms with van der Waals surface area (Å²) in [6, 6.07) is 8.99. The van der Waals surface area contributed by atoms with E-state index in [1.54, 1.807) is 31.2 Å². The number of aliphatic hydroxyl groups is 1. The van der Waals surface area contributed by atoms with Crippen molar-refractivity contribution in [2.75, 3.05) is 46.0 Å². The number of carbonyl (C=O) groups excluding carboxylic acids is 3. The predicted molar refractivity (Wildman–Crippen MR) is 134 cm³/mol. The molecule has 1 aromatic carbocycles. The Bertz CT molecular complexity index is 1140. The van der Waals surface area contributed by atoms with Crippen molar-refractivity contribution in [3.05, 3.63) is 42.1 Å². The molecule has 3 rings (SSSR count). The molecule has 1 fully saturated rings. The number of hydrogen-bond acceptors (Lipinski definition) is 11. The van der Waals surface area contributed by atoms with Crippen LogP contribution in [0.5, 0.6) is 5.88 Å². The Labute approximate surface area is 224 Å². The van der Waals surface area contributed by atoms with Gasteiger partial charge in [-0.05, 0) is 13.3 Å². The standard InChI is InChI=1S/C25H31N5O9/c1-2-37-25(36)39-30-12-10-29(11-13-30)24(35)18(8-9-21(32)33)27-23(34)19-16-20(38-15-14-31)28-22(26-19)17-6-4-3-5-7-17/h3-7,16,18,31H,2,8-15H2,1H3,(H,27,34)(H,32,33)/t18-/m0/s1. The SMILES string of the molecule is CCOC(=O)ON1CCN(C(=O)[C@H](CCC(=O)O)NC(=O)c2cc(OCCO)nc(-c3ccccc3)n2)CC1. The van der Waals surface area contributed by atoms with Crippen molar-refractivity contribution in [2.24, 2.45) is 0 Å². The number of rotatable bonds is 12. The van der Waals surface area contributed by atoms with Crippen LogP contribution in [0.25, 0.3) is 11.4 Å². The molecule has 1 aliphatic heterocycles. The van der Waals surface area contributed by atoms with E-state index in [2.05, 4.69) is 15.3 Å². The Morgan fingerprint density at radius 3 is 2.44 bits per heavy atom. The van der Waals surface area contributed by atoms with Crippen molar-refractivity contribution >= 4 is 23.9 Å². The lowest BCUT2D eigenvalue weighted by atomic mass is 10.1. The lowest BCUT2D eigenvalue weighted by Gasteiger charge is -2.35. The van der Waals surface area contributed by atoms with Crippen molar-refractivity contribution in [2.45, 2.75) is 25.8 Å². The van der Waals surface area contributed by atoms with Crippen LogP contribution in [0, 0.1) is 0 Å². The summed E-state index contributed by atoms with van der Waals surface area (Å²) in [5.74, 6) is -2.08. The molecule has 2 heterocycles. The number of nitrogens with one attached hydrogen (secondary N) is 1. The number of carboxylic acids is 1. The molecule has 1 aliphatic rings. The average molecular weight is 546 g/mol. The molecule has 14 nitrogen and oxygen atoms in total. The fourth-order valence-corrected chi connectivity index (χ4v) is 3.71. The average Bonchev–Trinajstić information content (AvgIpc) is 2.94. The summed E-state index contributed by atoms with van der Waals surface area (Å²) in [5, 5.41) is 22.3. The topological polar surface area (TPSA) is 181 Å². The van der Waals surface area contributed by atoms with Gasteiger partial charge in [-0.3, -0.25) is 14.4 Å². The van der Waals surface area contributed by atoms with Gasteiger partial charge in [0.15, 0.2) is 5.82 Å². The van der Waals surface area contributed by atoms with Crippen molar-refractivity contribution in [3.8, 4) is 17.3 Å². The van der Waals surface area contributed by atoms with Gasteiger partial charge in [0.2, 0.25) is 11.8 Å². The molecule has 0 unspecified atom stereocenters. The van der Waals surface area contributed by atoms with E-state index in [4.69, 9.17) is 19.4 Å². The van der Waals surface area contributed by atoms with Gasteiger partial charge in [-0.25, -0.2) is 9.78 Å². The summed E-state index contributed by atoms with van der Waals surface area (Å²) in [7, 11) is 0. The van der Waals surface area contributed by atoms with Gasteiger partial charge in [0.1, 0.15) is 18.3 Å². The summed E-state index contributed by atoms with van der Waals surface area (Å²) in [5.41, 5.74) is 0.514. The second-order valence-corrected chi connectivity index (χ2v) is 8.34. The van der Waals surface area contributed by atoms with Crippen LogP contribution in [0.1, 0.15) is 30.3 Å². The van der Waals surface area contributed by atoms with Gasteiger partial charge in [-0.2, -0.15) is 4.98 Å². The molecular weight excluding hydrogens is 514 g/mol. The van der Waals surface area contributed by atoms with Gasteiger partial charge in [0, 0.05) is 31.1 Å². The van der Waals surface area contributed by atoms with Crippen LogP contribution in [0.4, 0.5) is 4.79 Å². The molecule has 39 heavy (non-hydrogen) atoms. The van der Waals surface area contributed by atoms with E-state index >= 15 is 0 Å². The van der Waals surface area contributed by atoms with E-state index in [1.165, 1.54) is 16.0 Å². The number of carbonyl (C=O) groups is 4. The number of carboxylic acid groups (broad SMARTS) is 1. The number of ether oxygens (including phenoxy) is 2. The molecule has 1 aromatic heterocycles. The number of nitrogens with zero attached hydrogens (tertiary/aromatic N) is 4. The number of amides is 2. The number of hydroxylamine groups is 2. The molecular formula is C25H31N5O9. The molecule has 3 N–H and O–H groups in total. The predicted octanol–water partition coefficient (Wildman–Crippen LogP) is 0.710. The highest BCUT2D eigenvalue weighted by atomic mass is 16.8. The third-order valence-electron chi connectivity index (χ3n) is 5.57. The maximum absolute atomic E-state index is 13.3. The molecule has 0 aliphatic carbocycles. The van der Waals surface area contributed by atoms with Crippen LogP contribution in [0.15, 0.2) is 36.4 Å². The van der Waals surface area contributed by atoms with E-state index in [0.29, 0.717) is 5.56 Å². The number of hydrogen-bond donors (Lipinski definition) is 3. The van der Waals surface area contributed by atoms with Crippen molar-refractivity contribution in [1.82, 2.24) is 25.2 Å². The zero-order chi connectivity index (χ0) is 28.2. The summed E-state index contributed by atoms with van der Waals surface area (Å²) in [6.07, 6.45) is -1.35. The van der Waals surface area contributed by atoms with Gasteiger partial charge >= 0.3 is 12.1 Å². The first-order chi connectivity index (χ1) is 18.8. The summed E-state index contributed by atoms with van der Waals surface area (Å²) in [6.45, 7) is 2.27. The van der Waals surface area contributed by atoms with Gasteiger partial charge in [-0.15, -0.1) is 5.06 Å². The molecule has 2 aromatic rings. The highest BCUT2D eigenvalue weighted by Crippen LogP contribution is 2.19. The molecule has 0 saturated carbocycles. The number of piperazine rings is 1. The van der Waals surface area contributed by atoms with Gasteiger partial charge in [0.25, 0.3) is 5.91 Å². The van der Waals surface area contributed by atoms with Crippen molar-refractivity contribution < 1.29 is 43.7 Å². The van der Waals surface area contributed by atoms with Crippen LogP contribution >= 0.6 is 0 Å². The first-order valence-electron chi connectivity index (χ1n) is 12.4. The second-order valence-electron chi connectivity index (χ2n) is 8.34. The lowest BCUT2D eigenvalue weighted by Crippen LogP contribution is -2.55. The molecule has 0 radical (unpaired) electrons. The monoisotopic (exact) mass is 545 g/mol. The van der Waals surface area contributed by atoms with E-state index in [1.807, 2.05) is 6.07 Å². The summed E-state index contributed by atoms with van der Waals surface area (Å²) in [4.78, 5) is 64.4. The molecule has 210 valence electrons. The van der Waals surface area contributed by atoms with Crippen molar-refractivity contribution in [3.63, 3.8) is 0 Å². The number of benzene rings is 1. The molecule has 0 spiro atoms. The quantitative estimate of drug-likeness (QED) is 0.318. The van der Waals surface area contributed by atoms with Gasteiger partial charge in [0.05, 0.1) is 26.3 Å². The van der Waals surface area contributed by atoms with E-state index in [9.17, 15) is 24.3 Å². The zero-order valence-corrected chi connectivity index (χ0v) is 21.4. The largest absolute Gasteiger partial charge is 0.527 e. The Balaban J connectivity index is 1.75. The Morgan fingerprint density at radius 1 is 1.08 bits per heavy atom. The smallest absolute Gasteiger partial charge is 0.481 e. The highest BCUT2D eigenvalue weighted by molar-refractivity contribution is 5.96. The first-order valence-corrected chi connectivity index (χ1v) is 12.4. The van der Waals surface area contributed by atoms with Gasteiger partial charge < -0.3 is 34.7 Å². The Kier molecular flexibility index (Phi) is 10.9. The Morgan fingerprint density at radius 2 is 1.79 bits per heavy atom. The molecule has 1 saturated heterocycles. The number of aliphatic hydroxyl groups excluding tert-OH is 1. The lowest BCUT2D eigenvalue weighted by molar-refractivity contribution is -0.157. The molecule has 0 bridgehead atoms. The third kappa shape index (κ3) is 8.90. The molecule has 2 amide bonds. The molecule has 14 heteroatoms. The fourth-order valence-electron chi connectivity index (χ4n) is 3.71. The van der Waals surface area contributed by atoms with E-state index in [0.717, 1.165) is 0 Å². The van der Waals surface area contributed by atoms with Gasteiger partial charge in [-0.1, -0.05) is 30.3 Å². The fraction of sp³-hybridized carbons (Fsp3) is 0.440. The maximum Gasteiger partial charge on any atom is 0.527 e. The first kappa shape index (κ1) is 29.3. The highest BCUT2D eigenvalue weighted by Gasteiger charge is 2.31. The zero-order valence-electron chi connectivity index (χ0n) is 21.4. The normalized spacial score (nSPS) is 14.3. The minimum absolute atomic E-state index is 0.0502. The summed E-state index contributed by atoms with van der Waals surface area (Å²) < 4.78 is 10.1. The van der Waals surface area contributed by atoms with Crippen LogP contribution < -0.4 is 10.1 Å². The third-order valence-corrected chi connectivity index (χ3v) is 5.57. The van der Waals surface area contributed by atoms with Crippen molar-refractivity contribution in [1.29, 1.82) is 0 Å². The maximum atomic E-state index is 13.3. The minimum Gasteiger partial charge on any atom is -0.481 e. The second kappa shape index (κ2) is 14.6. The summed E-state index contributed by atoms with van der Waals surface area (Å²) >= 11 is 0. The van der Waals surface area contributed by atoms with E-state index < -0.39 is 30.0 Å². The van der Waals surface area contributed by atoms with Crippen LogP contribution in [-0.2, 0) is 19.2 Å². The van der Waals surface area contributed by atoms with E-state index in [-0.39, 0.29) is 76.2 Å². The number of aliphatic carboxylic acids is 1. The van der Waals surface area contributed by atoms with Crippen LogP contribution in [0.3, 0.4) is 0 Å². The molecule has 1 atom stereocenters. The minimum atomic E-state index is -1.15. The van der Waals surface area contributed by atoms with Crippen LogP contribution in [0.2, 0.25) is 0 Å². The number of aromatic nitrogens is 2. The van der Waals surface area contributed by atoms with Crippen LogP contribution in [-0.4, -0.2) is 106 Å².